The molecule has 19 heavy (non-hydrogen) atoms. The van der Waals surface area contributed by atoms with Crippen molar-refractivity contribution in [3.05, 3.63) is 0 Å². The van der Waals surface area contributed by atoms with E-state index in [4.69, 9.17) is 14.4 Å². The first-order chi connectivity index (χ1) is 5.42. The van der Waals surface area contributed by atoms with Crippen LogP contribution in [-0.4, -0.2) is 34.7 Å². The topological polar surface area (TPSA) is 343 Å². The average molecular weight is 298 g/mol. The van der Waals surface area contributed by atoms with Crippen LogP contribution in [0, 0.1) is 0 Å². The molecule has 126 valence electrons. The molecule has 0 aromatic heterocycles. The Morgan fingerprint density at radius 3 is 0.947 bits per heavy atom. The Bertz CT molecular complexity index is 169. The zero-order valence-corrected chi connectivity index (χ0v) is 8.66. The lowest BCUT2D eigenvalue weighted by Crippen LogP contribution is -2.18. The Morgan fingerprint density at radius 1 is 0.895 bits per heavy atom. The average Bonchev–Trinajstić information content (AvgIpc) is 1.88. The van der Waals surface area contributed by atoms with Gasteiger partial charge in [-0.3, -0.25) is 0 Å². The molecule has 14 nitrogen and oxygen atoms in total. The summed E-state index contributed by atoms with van der Waals surface area (Å²) in [5.41, 5.74) is 12.8. The number of hydrogen-bond acceptors (Lipinski definition) is 10. The molecule has 0 aliphatic heterocycles. The van der Waals surface area contributed by atoms with Gasteiger partial charge in [0.05, 0.1) is 0 Å². The molecule has 0 aromatic rings. The highest BCUT2D eigenvalue weighted by Gasteiger charge is 1.77. The highest BCUT2D eigenvalue weighted by molar-refractivity contribution is 5.69. The van der Waals surface area contributed by atoms with E-state index in [1.54, 1.807) is 0 Å². The first-order valence-corrected chi connectivity index (χ1v) is 2.12. The van der Waals surface area contributed by atoms with Gasteiger partial charge in [-0.15, -0.1) is 0 Å². The molecule has 0 aliphatic carbocycles. The summed E-state index contributed by atoms with van der Waals surface area (Å²) in [7, 11) is 0. The molecule has 18 N–H and O–H groups in total. The second-order valence-corrected chi connectivity index (χ2v) is 0.923. The summed E-state index contributed by atoms with van der Waals surface area (Å²) in [6.07, 6.45) is -0.718. The monoisotopic (exact) mass is 298 g/mol. The van der Waals surface area contributed by atoms with Crippen molar-refractivity contribution in [1.82, 2.24) is 12.3 Å². The predicted molar refractivity (Wildman–Crippen MR) is 64.6 cm³/mol. The first kappa shape index (κ1) is 91.9. The lowest BCUT2D eigenvalue weighted by atomic mass is 11.2. The van der Waals surface area contributed by atoms with Crippen LogP contribution in [-0.2, 0) is 14.4 Å². The lowest BCUT2D eigenvalue weighted by molar-refractivity contribution is -0.191. The van der Waals surface area contributed by atoms with Gasteiger partial charge in [0.1, 0.15) is 0 Å². The van der Waals surface area contributed by atoms with Crippen molar-refractivity contribution in [3.8, 4) is 0 Å². The van der Waals surface area contributed by atoms with E-state index in [2.05, 4.69) is 27.9 Å². The van der Waals surface area contributed by atoms with Crippen molar-refractivity contribution in [2.45, 2.75) is 14.9 Å². The van der Waals surface area contributed by atoms with E-state index in [-0.39, 0.29) is 49.7 Å². The van der Waals surface area contributed by atoms with E-state index >= 15 is 0 Å². The van der Waals surface area contributed by atoms with E-state index in [0.29, 0.717) is 0 Å². The van der Waals surface area contributed by atoms with Gasteiger partial charge in [-0.25, -0.2) is 9.59 Å². The smallest absolute Gasteiger partial charge is 0.423 e. The van der Waals surface area contributed by atoms with Gasteiger partial charge >= 0.3 is 18.3 Å². The molecule has 14 heteroatoms. The van der Waals surface area contributed by atoms with Crippen molar-refractivity contribution >= 4 is 18.3 Å². The highest BCUT2D eigenvalue weighted by Crippen LogP contribution is 1.49. The third-order valence-corrected chi connectivity index (χ3v) is 0.116. The summed E-state index contributed by atoms with van der Waals surface area (Å²) in [4.78, 5) is 37.9. The summed E-state index contributed by atoms with van der Waals surface area (Å²) < 4.78 is 0. The van der Waals surface area contributed by atoms with Crippen LogP contribution in [0.2, 0.25) is 0 Å². The molecule has 0 saturated carbocycles. The number of amides is 3. The number of hydrogen-bond donors (Lipinski definition) is 6. The maximum Gasteiger partial charge on any atom is 0.423 e. The molecular formula is C5H26N6O8-2. The fourth-order valence-corrected chi connectivity index (χ4v) is 0. The number of nitrogens with two attached hydrogens (primary N) is 4. The molecule has 0 aromatic carbocycles. The minimum absolute atomic E-state index is 0. The molecule has 0 unspecified atom stereocenters. The SMILES string of the molecule is C.C.N.N.NC(N)=O.NOC(N)=O.O.O=C=O.[OH-].[OH-]. The molecule has 0 aliphatic rings. The zero-order valence-electron chi connectivity index (χ0n) is 8.66. The van der Waals surface area contributed by atoms with Crippen LogP contribution in [0.3, 0.4) is 0 Å². The Hall–Kier alpha value is -2.32. The molecule has 3 amide bonds. The molecule has 0 spiro atoms. The quantitative estimate of drug-likeness (QED) is 0.262. The zero-order chi connectivity index (χ0) is 10.6. The Morgan fingerprint density at radius 2 is 0.947 bits per heavy atom. The fourth-order valence-electron chi connectivity index (χ4n) is 0. The minimum Gasteiger partial charge on any atom is -0.870 e. The van der Waals surface area contributed by atoms with Crippen LogP contribution < -0.4 is 35.4 Å². The maximum atomic E-state index is 9.24. The molecule has 0 rings (SSSR count). The minimum atomic E-state index is -0.968. The van der Waals surface area contributed by atoms with Gasteiger partial charge in [-0.1, -0.05) is 14.9 Å². The van der Waals surface area contributed by atoms with Gasteiger partial charge < -0.3 is 50.8 Å². The summed E-state index contributed by atoms with van der Waals surface area (Å²) in [5.74, 6) is 4.20. The van der Waals surface area contributed by atoms with E-state index in [0.717, 1.165) is 0 Å². The van der Waals surface area contributed by atoms with Gasteiger partial charge in [-0.05, 0) is 0 Å². The normalized spacial score (nSPS) is 3.42. The van der Waals surface area contributed by atoms with Gasteiger partial charge in [-0.2, -0.15) is 15.5 Å². The molecule has 0 heterocycles. The van der Waals surface area contributed by atoms with Crippen LogP contribution in [0.4, 0.5) is 9.59 Å². The molecule has 0 bridgehead atoms. The second kappa shape index (κ2) is 105. The molecule has 0 atom stereocenters. The second-order valence-electron chi connectivity index (χ2n) is 0.923. The Labute approximate surface area is 110 Å². The van der Waals surface area contributed by atoms with Gasteiger partial charge in [0.25, 0.3) is 0 Å². The van der Waals surface area contributed by atoms with E-state index in [1.165, 1.54) is 0 Å². The van der Waals surface area contributed by atoms with Crippen molar-refractivity contribution in [3.63, 3.8) is 0 Å². The largest absolute Gasteiger partial charge is 0.870 e. The Balaban J connectivity index is -0.00000000687. The predicted octanol–water partition coefficient (Wildman–Crippen LogP) is -2.19. The highest BCUT2D eigenvalue weighted by atomic mass is 16.7. The van der Waals surface area contributed by atoms with Crippen LogP contribution >= 0.6 is 0 Å². The first-order valence-electron chi connectivity index (χ1n) is 2.12. The number of primary amides is 3. The molecule has 0 fully saturated rings. The van der Waals surface area contributed by atoms with Crippen LogP contribution in [0.25, 0.3) is 0 Å². The lowest BCUT2D eigenvalue weighted by Gasteiger charge is -1.79. The van der Waals surface area contributed by atoms with Crippen LogP contribution in [0.1, 0.15) is 14.9 Å². The Kier molecular flexibility index (Phi) is 507. The van der Waals surface area contributed by atoms with Gasteiger partial charge in [0.2, 0.25) is 0 Å². The number of rotatable bonds is 0. The van der Waals surface area contributed by atoms with Crippen LogP contribution in [0.15, 0.2) is 0 Å². The summed E-state index contributed by atoms with van der Waals surface area (Å²) in [5, 5.41) is 0. The van der Waals surface area contributed by atoms with E-state index in [9.17, 15) is 4.79 Å². The van der Waals surface area contributed by atoms with Crippen molar-refractivity contribution in [2.24, 2.45) is 23.1 Å². The summed E-state index contributed by atoms with van der Waals surface area (Å²) >= 11 is 0. The summed E-state index contributed by atoms with van der Waals surface area (Å²) in [6, 6.07) is -0.833. The van der Waals surface area contributed by atoms with E-state index < -0.39 is 12.1 Å². The summed E-state index contributed by atoms with van der Waals surface area (Å²) in [6.45, 7) is 0. The van der Waals surface area contributed by atoms with E-state index in [1.807, 2.05) is 0 Å². The van der Waals surface area contributed by atoms with Crippen molar-refractivity contribution < 1.29 is 40.4 Å². The maximum absolute atomic E-state index is 9.24. The fraction of sp³-hybridized carbons (Fsp3) is 0.400. The molecule has 0 saturated heterocycles. The number of carbonyl (C=O) groups is 2. The molecular weight excluding hydrogens is 272 g/mol. The number of carbonyl (C=O) groups excluding carboxylic acids is 4. The van der Waals surface area contributed by atoms with Crippen molar-refractivity contribution in [1.29, 1.82) is 0 Å². The van der Waals surface area contributed by atoms with Crippen LogP contribution in [0.5, 0.6) is 0 Å². The number of urea groups is 1. The van der Waals surface area contributed by atoms with Crippen molar-refractivity contribution in [2.75, 3.05) is 0 Å². The van der Waals surface area contributed by atoms with Gasteiger partial charge in [0, 0.05) is 0 Å². The third-order valence-electron chi connectivity index (χ3n) is 0.116. The third kappa shape index (κ3) is 28700. The molecule has 0 radical (unpaired) electrons. The van der Waals surface area contributed by atoms with Gasteiger partial charge in [0.15, 0.2) is 0 Å². The standard InChI is InChI=1S/CH4N2O2.CH4N2O.CO2.2CH4.2H3N.3H2O/c2-1(4)5-3;2-1(3)4;2-1-3;;;;;;;/h3H2,(H2,2,4);(H4,2,3,4);;2*1H4;2*1H3;3*1H2/p-2.